The first-order valence-electron chi connectivity index (χ1n) is 6.56. The third-order valence-electron chi connectivity index (χ3n) is 2.61. The molecule has 1 rings (SSSR count). The summed E-state index contributed by atoms with van der Waals surface area (Å²) in [5.41, 5.74) is 1.13. The van der Waals surface area contributed by atoms with Crippen LogP contribution in [0.25, 0.3) is 0 Å². The average Bonchev–Trinajstić information content (AvgIpc) is 2.35. The van der Waals surface area contributed by atoms with Crippen LogP contribution < -0.4 is 5.32 Å². The Morgan fingerprint density at radius 1 is 1.29 bits per heavy atom. The SMILES string of the molecule is CCCNc1ccc(COC(C)CCC)cn1. The number of nitrogens with zero attached hydrogens (tertiary/aromatic N) is 1. The van der Waals surface area contributed by atoms with E-state index < -0.39 is 0 Å². The minimum Gasteiger partial charge on any atom is -0.374 e. The Morgan fingerprint density at radius 3 is 2.71 bits per heavy atom. The van der Waals surface area contributed by atoms with Crippen molar-refractivity contribution in [2.45, 2.75) is 52.7 Å². The Bertz CT molecular complexity index is 298. The van der Waals surface area contributed by atoms with Crippen molar-refractivity contribution in [3.63, 3.8) is 0 Å². The molecule has 1 aromatic rings. The van der Waals surface area contributed by atoms with Crippen molar-refractivity contribution in [3.05, 3.63) is 23.9 Å². The maximum atomic E-state index is 5.73. The van der Waals surface area contributed by atoms with Crippen molar-refractivity contribution < 1.29 is 4.74 Å². The number of ether oxygens (including phenoxy) is 1. The fourth-order valence-electron chi connectivity index (χ4n) is 1.60. The maximum Gasteiger partial charge on any atom is 0.125 e. The highest BCUT2D eigenvalue weighted by atomic mass is 16.5. The molecule has 96 valence electrons. The zero-order valence-electron chi connectivity index (χ0n) is 11.2. The number of anilines is 1. The largest absolute Gasteiger partial charge is 0.374 e. The van der Waals surface area contributed by atoms with Crippen molar-refractivity contribution in [3.8, 4) is 0 Å². The van der Waals surface area contributed by atoms with Crippen LogP contribution in [0.15, 0.2) is 18.3 Å². The molecule has 0 bridgehead atoms. The highest BCUT2D eigenvalue weighted by Gasteiger charge is 2.01. The predicted octanol–water partition coefficient (Wildman–Crippen LogP) is 3.61. The van der Waals surface area contributed by atoms with Crippen molar-refractivity contribution >= 4 is 5.82 Å². The van der Waals surface area contributed by atoms with Gasteiger partial charge >= 0.3 is 0 Å². The molecule has 0 spiro atoms. The van der Waals surface area contributed by atoms with Gasteiger partial charge in [0.15, 0.2) is 0 Å². The van der Waals surface area contributed by atoms with E-state index in [1.807, 2.05) is 12.3 Å². The molecule has 17 heavy (non-hydrogen) atoms. The van der Waals surface area contributed by atoms with Gasteiger partial charge in [0.05, 0.1) is 12.7 Å². The lowest BCUT2D eigenvalue weighted by Crippen LogP contribution is -2.08. The molecular formula is C14H24N2O. The van der Waals surface area contributed by atoms with Gasteiger partial charge in [0.2, 0.25) is 0 Å². The maximum absolute atomic E-state index is 5.73. The number of nitrogens with one attached hydrogen (secondary N) is 1. The van der Waals surface area contributed by atoms with E-state index in [0.717, 1.165) is 30.8 Å². The molecule has 1 heterocycles. The number of hydrogen-bond acceptors (Lipinski definition) is 3. The molecule has 1 N–H and O–H groups in total. The summed E-state index contributed by atoms with van der Waals surface area (Å²) in [7, 11) is 0. The quantitative estimate of drug-likeness (QED) is 0.748. The zero-order valence-corrected chi connectivity index (χ0v) is 11.2. The fourth-order valence-corrected chi connectivity index (χ4v) is 1.60. The van der Waals surface area contributed by atoms with Crippen molar-refractivity contribution in [1.29, 1.82) is 0 Å². The molecule has 0 aromatic carbocycles. The lowest BCUT2D eigenvalue weighted by molar-refractivity contribution is 0.0470. The number of pyridine rings is 1. The number of hydrogen-bond donors (Lipinski definition) is 1. The minimum absolute atomic E-state index is 0.331. The van der Waals surface area contributed by atoms with Crippen LogP contribution in [0.2, 0.25) is 0 Å². The predicted molar refractivity (Wildman–Crippen MR) is 72.2 cm³/mol. The molecule has 1 unspecified atom stereocenters. The van der Waals surface area contributed by atoms with E-state index in [1.165, 1.54) is 6.42 Å². The van der Waals surface area contributed by atoms with Gasteiger partial charge in [-0.05, 0) is 31.4 Å². The molecular weight excluding hydrogens is 212 g/mol. The minimum atomic E-state index is 0.331. The summed E-state index contributed by atoms with van der Waals surface area (Å²) in [5.74, 6) is 0.942. The Balaban J connectivity index is 2.34. The van der Waals surface area contributed by atoms with E-state index in [1.54, 1.807) is 0 Å². The van der Waals surface area contributed by atoms with E-state index in [0.29, 0.717) is 12.7 Å². The lowest BCUT2D eigenvalue weighted by atomic mass is 10.2. The van der Waals surface area contributed by atoms with E-state index in [2.05, 4.69) is 37.1 Å². The van der Waals surface area contributed by atoms with Gasteiger partial charge in [0.25, 0.3) is 0 Å². The molecule has 1 atom stereocenters. The van der Waals surface area contributed by atoms with E-state index in [-0.39, 0.29) is 0 Å². The summed E-state index contributed by atoms with van der Waals surface area (Å²) >= 11 is 0. The van der Waals surface area contributed by atoms with Crippen LogP contribution in [0.5, 0.6) is 0 Å². The zero-order chi connectivity index (χ0) is 12.5. The molecule has 0 amide bonds. The summed E-state index contributed by atoms with van der Waals surface area (Å²) in [6.07, 6.45) is 5.61. The Labute approximate surface area is 105 Å². The van der Waals surface area contributed by atoms with Crippen LogP contribution in [0, 0.1) is 0 Å². The standard InChI is InChI=1S/C14H24N2O/c1-4-6-12(3)17-11-13-7-8-14(16-10-13)15-9-5-2/h7-8,10,12H,4-6,9,11H2,1-3H3,(H,15,16). The van der Waals surface area contributed by atoms with Crippen LogP contribution in [0.3, 0.4) is 0 Å². The first-order valence-corrected chi connectivity index (χ1v) is 6.56. The molecule has 0 aliphatic heterocycles. The summed E-state index contributed by atoms with van der Waals surface area (Å²) in [5, 5.41) is 3.25. The molecule has 0 aliphatic carbocycles. The fraction of sp³-hybridized carbons (Fsp3) is 0.643. The van der Waals surface area contributed by atoms with Crippen LogP contribution >= 0.6 is 0 Å². The van der Waals surface area contributed by atoms with E-state index >= 15 is 0 Å². The van der Waals surface area contributed by atoms with Crippen molar-refractivity contribution in [2.24, 2.45) is 0 Å². The summed E-state index contributed by atoms with van der Waals surface area (Å²) < 4.78 is 5.73. The Kier molecular flexibility index (Phi) is 6.63. The number of rotatable bonds is 8. The first-order chi connectivity index (χ1) is 8.26. The van der Waals surface area contributed by atoms with E-state index in [9.17, 15) is 0 Å². The second kappa shape index (κ2) is 8.07. The first kappa shape index (κ1) is 14.0. The normalized spacial score (nSPS) is 12.4. The van der Waals surface area contributed by atoms with Crippen LogP contribution in [-0.2, 0) is 11.3 Å². The Morgan fingerprint density at radius 2 is 2.12 bits per heavy atom. The van der Waals surface area contributed by atoms with Crippen LogP contribution in [-0.4, -0.2) is 17.6 Å². The monoisotopic (exact) mass is 236 g/mol. The molecule has 0 radical (unpaired) electrons. The molecule has 3 heteroatoms. The van der Waals surface area contributed by atoms with Gasteiger partial charge in [-0.3, -0.25) is 0 Å². The molecule has 0 aliphatic rings. The average molecular weight is 236 g/mol. The summed E-state index contributed by atoms with van der Waals surface area (Å²) in [6.45, 7) is 8.06. The summed E-state index contributed by atoms with van der Waals surface area (Å²) in [4.78, 5) is 4.35. The van der Waals surface area contributed by atoms with E-state index in [4.69, 9.17) is 4.74 Å². The van der Waals surface area contributed by atoms with Gasteiger partial charge in [-0.15, -0.1) is 0 Å². The second-order valence-corrected chi connectivity index (χ2v) is 4.39. The van der Waals surface area contributed by atoms with Gasteiger partial charge in [0, 0.05) is 12.7 Å². The van der Waals surface area contributed by atoms with Crippen molar-refractivity contribution in [1.82, 2.24) is 4.98 Å². The topological polar surface area (TPSA) is 34.1 Å². The highest BCUT2D eigenvalue weighted by Crippen LogP contribution is 2.09. The van der Waals surface area contributed by atoms with Gasteiger partial charge in [-0.1, -0.05) is 26.3 Å². The second-order valence-electron chi connectivity index (χ2n) is 4.39. The third kappa shape index (κ3) is 5.68. The molecule has 0 fully saturated rings. The number of aromatic nitrogens is 1. The van der Waals surface area contributed by atoms with Crippen LogP contribution in [0.1, 0.15) is 45.6 Å². The smallest absolute Gasteiger partial charge is 0.125 e. The molecule has 0 saturated heterocycles. The van der Waals surface area contributed by atoms with Gasteiger partial charge in [-0.25, -0.2) is 4.98 Å². The highest BCUT2D eigenvalue weighted by molar-refractivity contribution is 5.35. The molecule has 3 nitrogen and oxygen atoms in total. The lowest BCUT2D eigenvalue weighted by Gasteiger charge is -2.12. The molecule has 1 aromatic heterocycles. The van der Waals surface area contributed by atoms with Gasteiger partial charge in [0.1, 0.15) is 5.82 Å². The Hall–Kier alpha value is -1.09. The van der Waals surface area contributed by atoms with Crippen LogP contribution in [0.4, 0.5) is 5.82 Å². The third-order valence-corrected chi connectivity index (χ3v) is 2.61. The van der Waals surface area contributed by atoms with Gasteiger partial charge < -0.3 is 10.1 Å². The summed E-state index contributed by atoms with van der Waals surface area (Å²) in [6, 6.07) is 4.09. The van der Waals surface area contributed by atoms with Crippen molar-refractivity contribution in [2.75, 3.05) is 11.9 Å². The molecule has 0 saturated carbocycles. The van der Waals surface area contributed by atoms with Gasteiger partial charge in [-0.2, -0.15) is 0 Å².